The number of hydrogen-bond acceptors (Lipinski definition) is 1. The first-order valence-electron chi connectivity index (χ1n) is 4.21. The van der Waals surface area contributed by atoms with Crippen molar-refractivity contribution in [1.82, 2.24) is 5.32 Å². The van der Waals surface area contributed by atoms with Crippen LogP contribution in [0.3, 0.4) is 0 Å². The number of carbonyl (C=O) groups excluding carboxylic acids is 1. The lowest BCUT2D eigenvalue weighted by Crippen LogP contribution is -2.20. The number of allylic oxidation sites excluding steroid dienone is 2. The van der Waals surface area contributed by atoms with Crippen molar-refractivity contribution >= 4 is 5.91 Å². The highest BCUT2D eigenvalue weighted by Gasteiger charge is 2.39. The second kappa shape index (κ2) is 2.10. The standard InChI is InChI=1S/C9H13NO/c1-9-5-3-2-4-7(9)10-8(11)6-9/h4H,2-3,5-6H2,1H3,(H,10,11). The first kappa shape index (κ1) is 6.89. The summed E-state index contributed by atoms with van der Waals surface area (Å²) in [5.41, 5.74) is 1.34. The van der Waals surface area contributed by atoms with E-state index in [1.165, 1.54) is 12.1 Å². The van der Waals surface area contributed by atoms with E-state index >= 15 is 0 Å². The zero-order chi connectivity index (χ0) is 7.90. The lowest BCUT2D eigenvalue weighted by Gasteiger charge is -2.27. The Hall–Kier alpha value is -0.790. The Morgan fingerprint density at radius 2 is 2.45 bits per heavy atom. The lowest BCUT2D eigenvalue weighted by atomic mass is 9.78. The summed E-state index contributed by atoms with van der Waals surface area (Å²) < 4.78 is 0. The number of amides is 1. The Morgan fingerprint density at radius 3 is 3.18 bits per heavy atom. The molecule has 1 unspecified atom stereocenters. The minimum atomic E-state index is 0.162. The minimum Gasteiger partial charge on any atom is -0.330 e. The van der Waals surface area contributed by atoms with E-state index in [9.17, 15) is 4.79 Å². The molecule has 1 N–H and O–H groups in total. The maximum Gasteiger partial charge on any atom is 0.225 e. The Labute approximate surface area is 66.7 Å². The normalized spacial score (nSPS) is 36.1. The molecule has 1 aliphatic heterocycles. The summed E-state index contributed by atoms with van der Waals surface area (Å²) in [5, 5.41) is 2.92. The second-order valence-electron chi connectivity index (χ2n) is 3.80. The van der Waals surface area contributed by atoms with Gasteiger partial charge in [-0.2, -0.15) is 0 Å². The van der Waals surface area contributed by atoms with E-state index in [1.807, 2.05) is 0 Å². The molecule has 0 spiro atoms. The van der Waals surface area contributed by atoms with Gasteiger partial charge in [0.05, 0.1) is 0 Å². The van der Waals surface area contributed by atoms with Crippen molar-refractivity contribution < 1.29 is 4.79 Å². The van der Waals surface area contributed by atoms with Gasteiger partial charge in [-0.3, -0.25) is 4.79 Å². The van der Waals surface area contributed by atoms with Crippen LogP contribution in [0.2, 0.25) is 0 Å². The summed E-state index contributed by atoms with van der Waals surface area (Å²) in [7, 11) is 0. The number of rotatable bonds is 0. The summed E-state index contributed by atoms with van der Waals surface area (Å²) in [6, 6.07) is 0. The maximum absolute atomic E-state index is 11.1. The SMILES string of the molecule is CC12CCCC=C1NC(=O)C2. The van der Waals surface area contributed by atoms with E-state index in [4.69, 9.17) is 0 Å². The summed E-state index contributed by atoms with van der Waals surface area (Å²) in [6.07, 6.45) is 6.39. The smallest absolute Gasteiger partial charge is 0.225 e. The van der Waals surface area contributed by atoms with Crippen LogP contribution < -0.4 is 5.32 Å². The molecule has 2 rings (SSSR count). The molecule has 1 aliphatic carbocycles. The molecule has 1 saturated heterocycles. The van der Waals surface area contributed by atoms with Crippen molar-refractivity contribution in [2.24, 2.45) is 5.41 Å². The highest BCUT2D eigenvalue weighted by Crippen LogP contribution is 2.42. The highest BCUT2D eigenvalue weighted by molar-refractivity contribution is 5.82. The lowest BCUT2D eigenvalue weighted by molar-refractivity contribution is -0.119. The third-order valence-corrected chi connectivity index (χ3v) is 2.76. The largest absolute Gasteiger partial charge is 0.330 e. The molecule has 60 valence electrons. The van der Waals surface area contributed by atoms with Gasteiger partial charge in [-0.1, -0.05) is 13.0 Å². The molecule has 1 heterocycles. The molecule has 0 bridgehead atoms. The van der Waals surface area contributed by atoms with Crippen molar-refractivity contribution in [1.29, 1.82) is 0 Å². The quantitative estimate of drug-likeness (QED) is 0.559. The summed E-state index contributed by atoms with van der Waals surface area (Å²) >= 11 is 0. The molecule has 0 aromatic heterocycles. The van der Waals surface area contributed by atoms with Gasteiger partial charge in [-0.15, -0.1) is 0 Å². The molecule has 1 fully saturated rings. The zero-order valence-electron chi connectivity index (χ0n) is 6.81. The maximum atomic E-state index is 11.1. The van der Waals surface area contributed by atoms with Crippen LogP contribution in [-0.4, -0.2) is 5.91 Å². The molecule has 2 aliphatic rings. The molecule has 0 aromatic rings. The van der Waals surface area contributed by atoms with Gasteiger partial charge < -0.3 is 5.32 Å². The predicted octanol–water partition coefficient (Wildman–Crippen LogP) is 1.58. The van der Waals surface area contributed by atoms with Crippen LogP contribution in [0.1, 0.15) is 32.6 Å². The van der Waals surface area contributed by atoms with Gasteiger partial charge in [0.25, 0.3) is 0 Å². The minimum absolute atomic E-state index is 0.162. The van der Waals surface area contributed by atoms with Gasteiger partial charge in [0.2, 0.25) is 5.91 Å². The molecule has 0 saturated carbocycles. The fourth-order valence-corrected chi connectivity index (χ4v) is 2.05. The number of fused-ring (bicyclic) bond motifs is 1. The van der Waals surface area contributed by atoms with Crippen molar-refractivity contribution in [3.8, 4) is 0 Å². The number of carbonyl (C=O) groups is 1. The van der Waals surface area contributed by atoms with Crippen molar-refractivity contribution in [2.45, 2.75) is 32.6 Å². The van der Waals surface area contributed by atoms with Crippen LogP contribution in [0.15, 0.2) is 11.8 Å². The Balaban J connectivity index is 2.33. The van der Waals surface area contributed by atoms with Crippen molar-refractivity contribution in [3.05, 3.63) is 11.8 Å². The predicted molar refractivity (Wildman–Crippen MR) is 42.8 cm³/mol. The Morgan fingerprint density at radius 1 is 1.64 bits per heavy atom. The number of hydrogen-bond donors (Lipinski definition) is 1. The van der Waals surface area contributed by atoms with Crippen LogP contribution in [0.5, 0.6) is 0 Å². The molecule has 11 heavy (non-hydrogen) atoms. The molecule has 0 aromatic carbocycles. The van der Waals surface area contributed by atoms with Gasteiger partial charge in [0.1, 0.15) is 0 Å². The van der Waals surface area contributed by atoms with Gasteiger partial charge in [-0.25, -0.2) is 0 Å². The van der Waals surface area contributed by atoms with E-state index < -0.39 is 0 Å². The average Bonchev–Trinajstić information content (AvgIpc) is 2.22. The fraction of sp³-hybridized carbons (Fsp3) is 0.667. The van der Waals surface area contributed by atoms with Gasteiger partial charge in [-0.05, 0) is 19.3 Å². The molecular formula is C9H13NO. The van der Waals surface area contributed by atoms with E-state index in [2.05, 4.69) is 18.3 Å². The monoisotopic (exact) mass is 151 g/mol. The number of nitrogens with one attached hydrogen (secondary N) is 1. The van der Waals surface area contributed by atoms with E-state index in [0.29, 0.717) is 6.42 Å². The van der Waals surface area contributed by atoms with Crippen molar-refractivity contribution in [2.75, 3.05) is 0 Å². The third kappa shape index (κ3) is 0.971. The zero-order valence-corrected chi connectivity index (χ0v) is 6.81. The molecular weight excluding hydrogens is 138 g/mol. The van der Waals surface area contributed by atoms with Crippen LogP contribution in [0.4, 0.5) is 0 Å². The van der Waals surface area contributed by atoms with E-state index in [-0.39, 0.29) is 11.3 Å². The van der Waals surface area contributed by atoms with Gasteiger partial charge >= 0.3 is 0 Å². The Bertz CT molecular complexity index is 232. The molecule has 1 amide bonds. The van der Waals surface area contributed by atoms with Crippen molar-refractivity contribution in [3.63, 3.8) is 0 Å². The second-order valence-corrected chi connectivity index (χ2v) is 3.80. The fourth-order valence-electron chi connectivity index (χ4n) is 2.05. The first-order chi connectivity index (χ1) is 5.21. The van der Waals surface area contributed by atoms with Crippen LogP contribution in [0, 0.1) is 5.41 Å². The highest BCUT2D eigenvalue weighted by atomic mass is 16.1. The third-order valence-electron chi connectivity index (χ3n) is 2.76. The average molecular weight is 151 g/mol. The van der Waals surface area contributed by atoms with Gasteiger partial charge in [0.15, 0.2) is 0 Å². The first-order valence-corrected chi connectivity index (χ1v) is 4.21. The van der Waals surface area contributed by atoms with E-state index in [0.717, 1.165) is 12.8 Å². The molecule has 1 atom stereocenters. The molecule has 2 heteroatoms. The summed E-state index contributed by atoms with van der Waals surface area (Å²) in [6.45, 7) is 2.18. The summed E-state index contributed by atoms with van der Waals surface area (Å²) in [4.78, 5) is 11.1. The topological polar surface area (TPSA) is 29.1 Å². The van der Waals surface area contributed by atoms with E-state index in [1.54, 1.807) is 0 Å². The Kier molecular flexibility index (Phi) is 1.31. The van der Waals surface area contributed by atoms with Crippen LogP contribution >= 0.6 is 0 Å². The molecule has 2 nitrogen and oxygen atoms in total. The molecule has 0 radical (unpaired) electrons. The van der Waals surface area contributed by atoms with Gasteiger partial charge in [0, 0.05) is 17.5 Å². The van der Waals surface area contributed by atoms with Crippen LogP contribution in [-0.2, 0) is 4.79 Å². The summed E-state index contributed by atoms with van der Waals surface area (Å²) in [5.74, 6) is 0.195. The van der Waals surface area contributed by atoms with Crippen LogP contribution in [0.25, 0.3) is 0 Å².